The topological polar surface area (TPSA) is 58.0 Å². The molecule has 2 atom stereocenters. The quantitative estimate of drug-likeness (QED) is 0.852. The summed E-state index contributed by atoms with van der Waals surface area (Å²) >= 11 is 0. The van der Waals surface area contributed by atoms with Gasteiger partial charge >= 0.3 is 0 Å². The van der Waals surface area contributed by atoms with Crippen molar-refractivity contribution in [3.05, 3.63) is 42.9 Å². The molecular weight excluding hydrogens is 276 g/mol. The molecule has 0 aliphatic carbocycles. The summed E-state index contributed by atoms with van der Waals surface area (Å²) in [4.78, 5) is 22.2. The summed E-state index contributed by atoms with van der Waals surface area (Å²) in [5, 5.41) is 0. The number of anilines is 1. The predicted molar refractivity (Wildman–Crippen MR) is 83.2 cm³/mol. The van der Waals surface area contributed by atoms with Crippen molar-refractivity contribution in [1.82, 2.24) is 24.8 Å². The fourth-order valence-corrected chi connectivity index (χ4v) is 3.71. The molecule has 22 heavy (non-hydrogen) atoms. The van der Waals surface area contributed by atoms with Gasteiger partial charge in [0.1, 0.15) is 5.82 Å². The van der Waals surface area contributed by atoms with E-state index in [2.05, 4.69) is 29.7 Å². The maximum atomic E-state index is 4.45. The van der Waals surface area contributed by atoms with E-state index in [1.807, 2.05) is 12.4 Å². The summed E-state index contributed by atoms with van der Waals surface area (Å²) in [6.45, 7) is 4.16. The number of hydrogen-bond donors (Lipinski definition) is 0. The lowest BCUT2D eigenvalue weighted by Crippen LogP contribution is -2.48. The van der Waals surface area contributed by atoms with Gasteiger partial charge in [-0.15, -0.1) is 0 Å². The summed E-state index contributed by atoms with van der Waals surface area (Å²) in [5.41, 5.74) is 1.06. The molecule has 0 N–H and O–H groups in total. The largest absolute Gasteiger partial charge is 0.354 e. The summed E-state index contributed by atoms with van der Waals surface area (Å²) in [6, 6.07) is 0.581. The van der Waals surface area contributed by atoms with Crippen LogP contribution in [0.15, 0.2) is 37.2 Å². The highest BCUT2D eigenvalue weighted by atomic mass is 15.3. The van der Waals surface area contributed by atoms with E-state index in [9.17, 15) is 0 Å². The molecule has 2 fully saturated rings. The molecule has 4 heterocycles. The Kier molecular flexibility index (Phi) is 3.68. The van der Waals surface area contributed by atoms with Crippen LogP contribution in [0.3, 0.4) is 0 Å². The van der Waals surface area contributed by atoms with Crippen molar-refractivity contribution in [2.24, 2.45) is 5.92 Å². The van der Waals surface area contributed by atoms with Crippen LogP contribution in [-0.2, 0) is 6.54 Å². The van der Waals surface area contributed by atoms with E-state index in [0.717, 1.165) is 43.6 Å². The van der Waals surface area contributed by atoms with E-state index in [0.29, 0.717) is 6.04 Å². The smallest absolute Gasteiger partial charge is 0.147 e. The molecule has 6 heteroatoms. The van der Waals surface area contributed by atoms with Crippen molar-refractivity contribution in [3.63, 3.8) is 0 Å². The average molecular weight is 296 g/mol. The van der Waals surface area contributed by atoms with Crippen LogP contribution in [0.25, 0.3) is 0 Å². The Hall–Kier alpha value is -2.08. The normalized spacial score (nSPS) is 25.2. The predicted octanol–water partition coefficient (Wildman–Crippen LogP) is 1.37. The van der Waals surface area contributed by atoms with Crippen LogP contribution in [0.1, 0.15) is 18.5 Å². The third-order valence-corrected chi connectivity index (χ3v) is 4.83. The Morgan fingerprint density at radius 1 is 0.955 bits per heavy atom. The molecule has 114 valence electrons. The zero-order valence-corrected chi connectivity index (χ0v) is 12.5. The molecule has 2 aromatic heterocycles. The van der Waals surface area contributed by atoms with Gasteiger partial charge in [0.05, 0.1) is 11.9 Å². The summed E-state index contributed by atoms with van der Waals surface area (Å²) < 4.78 is 0. The summed E-state index contributed by atoms with van der Waals surface area (Å²) in [5.74, 6) is 1.79. The van der Waals surface area contributed by atoms with E-state index in [-0.39, 0.29) is 0 Å². The minimum absolute atomic E-state index is 0.581. The van der Waals surface area contributed by atoms with Crippen LogP contribution in [0.4, 0.5) is 5.82 Å². The molecule has 0 spiro atoms. The van der Waals surface area contributed by atoms with Crippen LogP contribution in [0.5, 0.6) is 0 Å². The van der Waals surface area contributed by atoms with Gasteiger partial charge in [0.2, 0.25) is 0 Å². The molecule has 0 saturated carbocycles. The highest BCUT2D eigenvalue weighted by molar-refractivity contribution is 5.36. The first-order valence-corrected chi connectivity index (χ1v) is 7.90. The van der Waals surface area contributed by atoms with Crippen LogP contribution >= 0.6 is 0 Å². The molecule has 2 unspecified atom stereocenters. The van der Waals surface area contributed by atoms with Crippen LogP contribution < -0.4 is 4.90 Å². The monoisotopic (exact) mass is 296 g/mol. The van der Waals surface area contributed by atoms with E-state index >= 15 is 0 Å². The van der Waals surface area contributed by atoms with E-state index < -0.39 is 0 Å². The van der Waals surface area contributed by atoms with Gasteiger partial charge in [-0.05, 0) is 25.3 Å². The van der Waals surface area contributed by atoms with Crippen molar-refractivity contribution >= 4 is 5.82 Å². The molecule has 0 aromatic carbocycles. The third-order valence-electron chi connectivity index (χ3n) is 4.83. The molecule has 0 bridgehead atoms. The van der Waals surface area contributed by atoms with Crippen LogP contribution in [-0.4, -0.2) is 50.5 Å². The summed E-state index contributed by atoms with van der Waals surface area (Å²) in [7, 11) is 0. The second-order valence-corrected chi connectivity index (χ2v) is 6.08. The maximum absolute atomic E-state index is 4.45. The minimum Gasteiger partial charge on any atom is -0.354 e. The Morgan fingerprint density at radius 2 is 1.77 bits per heavy atom. The second kappa shape index (κ2) is 5.96. The van der Waals surface area contributed by atoms with Gasteiger partial charge in [-0.2, -0.15) is 0 Å². The van der Waals surface area contributed by atoms with Crippen molar-refractivity contribution < 1.29 is 0 Å². The third kappa shape index (κ3) is 2.66. The lowest BCUT2D eigenvalue weighted by molar-refractivity contribution is 0.198. The fraction of sp³-hybridized carbons (Fsp3) is 0.500. The number of likely N-dealkylation sites (tertiary alicyclic amines) is 1. The van der Waals surface area contributed by atoms with Crippen molar-refractivity contribution in [1.29, 1.82) is 0 Å². The van der Waals surface area contributed by atoms with Gasteiger partial charge in [0.15, 0.2) is 0 Å². The second-order valence-electron chi connectivity index (χ2n) is 6.08. The zero-order chi connectivity index (χ0) is 14.8. The number of piperidine rings is 1. The van der Waals surface area contributed by atoms with Gasteiger partial charge in [-0.25, -0.2) is 4.98 Å². The number of aromatic nitrogens is 4. The number of fused-ring (bicyclic) bond motifs is 1. The first-order chi connectivity index (χ1) is 10.9. The van der Waals surface area contributed by atoms with E-state index in [1.54, 1.807) is 24.8 Å². The van der Waals surface area contributed by atoms with Crippen LogP contribution in [0, 0.1) is 5.92 Å². The van der Waals surface area contributed by atoms with Gasteiger partial charge in [-0.1, -0.05) is 0 Å². The standard InChI is InChI=1S/C16H20N6/c1-7-21(11-14-9-17-3-5-19-14)15-12-22(8-2-13(1)15)16-10-18-4-6-20-16/h3-6,9-10,13,15H,1-2,7-8,11-12H2. The Bertz CT molecular complexity index is 605. The fourth-order valence-electron chi connectivity index (χ4n) is 3.71. The minimum atomic E-state index is 0.581. The maximum Gasteiger partial charge on any atom is 0.147 e. The first kappa shape index (κ1) is 13.6. The molecule has 4 rings (SSSR count). The Balaban J connectivity index is 1.48. The van der Waals surface area contributed by atoms with E-state index in [4.69, 9.17) is 0 Å². The highest BCUT2D eigenvalue weighted by Crippen LogP contribution is 2.33. The van der Waals surface area contributed by atoms with Crippen LogP contribution in [0.2, 0.25) is 0 Å². The molecule has 2 saturated heterocycles. The highest BCUT2D eigenvalue weighted by Gasteiger charge is 2.38. The molecule has 0 radical (unpaired) electrons. The molecule has 0 amide bonds. The van der Waals surface area contributed by atoms with Crippen molar-refractivity contribution in [2.75, 3.05) is 24.5 Å². The molecule has 2 aliphatic heterocycles. The lowest BCUT2D eigenvalue weighted by atomic mass is 9.92. The van der Waals surface area contributed by atoms with Gasteiger partial charge in [0, 0.05) is 56.7 Å². The zero-order valence-electron chi connectivity index (χ0n) is 12.5. The number of hydrogen-bond acceptors (Lipinski definition) is 6. The SMILES string of the molecule is c1cnc(CN2CCC3CCN(c4cnccn4)CC32)cn1. The Morgan fingerprint density at radius 3 is 2.55 bits per heavy atom. The molecule has 6 nitrogen and oxygen atoms in total. The van der Waals surface area contributed by atoms with Crippen molar-refractivity contribution in [2.45, 2.75) is 25.4 Å². The lowest BCUT2D eigenvalue weighted by Gasteiger charge is -2.38. The van der Waals surface area contributed by atoms with E-state index in [1.165, 1.54) is 12.8 Å². The van der Waals surface area contributed by atoms with Gasteiger partial charge in [-0.3, -0.25) is 19.9 Å². The number of nitrogens with zero attached hydrogens (tertiary/aromatic N) is 6. The first-order valence-electron chi connectivity index (χ1n) is 7.90. The average Bonchev–Trinajstić information content (AvgIpc) is 2.99. The van der Waals surface area contributed by atoms with Gasteiger partial charge in [0.25, 0.3) is 0 Å². The summed E-state index contributed by atoms with van der Waals surface area (Å²) in [6.07, 6.45) is 13.3. The van der Waals surface area contributed by atoms with Gasteiger partial charge < -0.3 is 4.90 Å². The Labute approximate surface area is 130 Å². The molecular formula is C16H20N6. The molecule has 2 aliphatic rings. The van der Waals surface area contributed by atoms with Crippen molar-refractivity contribution in [3.8, 4) is 0 Å². The molecule has 2 aromatic rings. The number of rotatable bonds is 3.